The lowest BCUT2D eigenvalue weighted by Crippen LogP contribution is -2.37. The SMILES string of the molecule is CC1CN(c2nc3ccccc3cc2CCl)CCS1. The van der Waals surface area contributed by atoms with Crippen molar-refractivity contribution in [3.8, 4) is 0 Å². The first-order valence-corrected chi connectivity index (χ1v) is 8.17. The van der Waals surface area contributed by atoms with Crippen molar-refractivity contribution in [3.63, 3.8) is 0 Å². The summed E-state index contributed by atoms with van der Waals surface area (Å²) in [7, 11) is 0. The van der Waals surface area contributed by atoms with Crippen molar-refractivity contribution in [3.05, 3.63) is 35.9 Å². The fraction of sp³-hybridized carbons (Fsp3) is 0.400. The number of halogens is 1. The van der Waals surface area contributed by atoms with E-state index in [4.69, 9.17) is 16.6 Å². The summed E-state index contributed by atoms with van der Waals surface area (Å²) >= 11 is 8.15. The van der Waals surface area contributed by atoms with E-state index in [1.807, 2.05) is 23.9 Å². The van der Waals surface area contributed by atoms with E-state index in [9.17, 15) is 0 Å². The Bertz CT molecular complexity index is 587. The fourth-order valence-electron chi connectivity index (χ4n) is 2.53. The Morgan fingerprint density at radius 2 is 2.26 bits per heavy atom. The Balaban J connectivity index is 2.05. The number of nitrogens with zero attached hydrogens (tertiary/aromatic N) is 2. The molecule has 2 nitrogen and oxygen atoms in total. The number of para-hydroxylation sites is 1. The van der Waals surface area contributed by atoms with Crippen LogP contribution in [0.3, 0.4) is 0 Å². The summed E-state index contributed by atoms with van der Waals surface area (Å²) < 4.78 is 0. The summed E-state index contributed by atoms with van der Waals surface area (Å²) in [5.74, 6) is 2.75. The average Bonchev–Trinajstić information content (AvgIpc) is 2.46. The molecule has 0 N–H and O–H groups in total. The van der Waals surface area contributed by atoms with Gasteiger partial charge >= 0.3 is 0 Å². The van der Waals surface area contributed by atoms with Crippen LogP contribution in [0.5, 0.6) is 0 Å². The van der Waals surface area contributed by atoms with Crippen LogP contribution in [0.4, 0.5) is 5.82 Å². The molecule has 1 saturated heterocycles. The smallest absolute Gasteiger partial charge is 0.133 e. The first kappa shape index (κ1) is 13.1. The van der Waals surface area contributed by atoms with Gasteiger partial charge in [-0.1, -0.05) is 25.1 Å². The molecule has 1 aliphatic rings. The molecule has 1 aromatic carbocycles. The van der Waals surface area contributed by atoms with Crippen molar-refractivity contribution < 1.29 is 0 Å². The summed E-state index contributed by atoms with van der Waals surface area (Å²) in [4.78, 5) is 7.22. The van der Waals surface area contributed by atoms with E-state index in [1.165, 1.54) is 5.39 Å². The number of hydrogen-bond donors (Lipinski definition) is 0. The second-order valence-electron chi connectivity index (χ2n) is 4.92. The lowest BCUT2D eigenvalue weighted by Gasteiger charge is -2.32. The Morgan fingerprint density at radius 3 is 3.05 bits per heavy atom. The third kappa shape index (κ3) is 2.67. The van der Waals surface area contributed by atoms with Gasteiger partial charge in [-0.25, -0.2) is 4.98 Å². The van der Waals surface area contributed by atoms with Gasteiger partial charge in [-0.05, 0) is 12.1 Å². The average molecular weight is 293 g/mol. The van der Waals surface area contributed by atoms with Crippen LogP contribution >= 0.6 is 23.4 Å². The van der Waals surface area contributed by atoms with Crippen LogP contribution in [0.2, 0.25) is 0 Å². The number of hydrogen-bond acceptors (Lipinski definition) is 3. The molecule has 2 aromatic rings. The normalized spacial score (nSPS) is 19.9. The maximum atomic E-state index is 6.12. The molecule has 1 atom stereocenters. The molecule has 100 valence electrons. The maximum Gasteiger partial charge on any atom is 0.133 e. The predicted octanol–water partition coefficient (Wildman–Crippen LogP) is 3.92. The van der Waals surface area contributed by atoms with Gasteiger partial charge < -0.3 is 4.90 Å². The highest BCUT2D eigenvalue weighted by atomic mass is 35.5. The summed E-state index contributed by atoms with van der Waals surface area (Å²) in [5.41, 5.74) is 2.19. The molecule has 0 bridgehead atoms. The van der Waals surface area contributed by atoms with E-state index in [0.717, 1.165) is 35.7 Å². The number of anilines is 1. The largest absolute Gasteiger partial charge is 0.354 e. The molecule has 1 fully saturated rings. The molecule has 0 aliphatic carbocycles. The van der Waals surface area contributed by atoms with Crippen LogP contribution in [-0.4, -0.2) is 29.1 Å². The molecule has 0 radical (unpaired) electrons. The number of rotatable bonds is 2. The quantitative estimate of drug-likeness (QED) is 0.781. The Hall–Kier alpha value is -0.930. The number of alkyl halides is 1. The van der Waals surface area contributed by atoms with E-state index in [0.29, 0.717) is 11.1 Å². The van der Waals surface area contributed by atoms with Gasteiger partial charge in [-0.15, -0.1) is 11.6 Å². The predicted molar refractivity (Wildman–Crippen MR) is 85.4 cm³/mol. The minimum Gasteiger partial charge on any atom is -0.354 e. The lowest BCUT2D eigenvalue weighted by atomic mass is 10.1. The van der Waals surface area contributed by atoms with Gasteiger partial charge in [0.15, 0.2) is 0 Å². The lowest BCUT2D eigenvalue weighted by molar-refractivity contribution is 0.768. The topological polar surface area (TPSA) is 16.1 Å². The summed E-state index contributed by atoms with van der Waals surface area (Å²) in [5, 5.41) is 1.83. The van der Waals surface area contributed by atoms with Gasteiger partial charge in [0.05, 0.1) is 11.4 Å². The van der Waals surface area contributed by atoms with Gasteiger partial charge in [0, 0.05) is 35.0 Å². The summed E-state index contributed by atoms with van der Waals surface area (Å²) in [6.07, 6.45) is 0. The zero-order chi connectivity index (χ0) is 13.2. The van der Waals surface area contributed by atoms with Gasteiger partial charge in [-0.3, -0.25) is 0 Å². The van der Waals surface area contributed by atoms with Crippen LogP contribution in [0, 0.1) is 0 Å². The van der Waals surface area contributed by atoms with Crippen molar-refractivity contribution in [2.75, 3.05) is 23.7 Å². The molecule has 0 spiro atoms. The molecular formula is C15H17ClN2S. The van der Waals surface area contributed by atoms with Gasteiger partial charge in [0.25, 0.3) is 0 Å². The van der Waals surface area contributed by atoms with E-state index < -0.39 is 0 Å². The molecule has 1 aromatic heterocycles. The Morgan fingerprint density at radius 1 is 1.42 bits per heavy atom. The van der Waals surface area contributed by atoms with Crippen LogP contribution in [-0.2, 0) is 5.88 Å². The van der Waals surface area contributed by atoms with Gasteiger partial charge in [0.2, 0.25) is 0 Å². The number of pyridine rings is 1. The van der Waals surface area contributed by atoms with Crippen molar-refractivity contribution in [2.45, 2.75) is 18.1 Å². The van der Waals surface area contributed by atoms with Gasteiger partial charge in [-0.2, -0.15) is 11.8 Å². The second-order valence-corrected chi connectivity index (χ2v) is 6.74. The molecule has 1 unspecified atom stereocenters. The van der Waals surface area contributed by atoms with Crippen LogP contribution in [0.1, 0.15) is 12.5 Å². The Labute approximate surface area is 123 Å². The highest BCUT2D eigenvalue weighted by Crippen LogP contribution is 2.28. The summed E-state index contributed by atoms with van der Waals surface area (Å²) in [6.45, 7) is 4.39. The first-order chi connectivity index (χ1) is 9.28. The summed E-state index contributed by atoms with van der Waals surface area (Å²) in [6, 6.07) is 10.4. The number of thioether (sulfide) groups is 1. The third-order valence-electron chi connectivity index (χ3n) is 3.46. The number of fused-ring (bicyclic) bond motifs is 1. The van der Waals surface area contributed by atoms with Crippen molar-refractivity contribution in [2.24, 2.45) is 0 Å². The van der Waals surface area contributed by atoms with Gasteiger partial charge in [0.1, 0.15) is 5.82 Å². The second kappa shape index (κ2) is 5.59. The maximum absolute atomic E-state index is 6.12. The van der Waals surface area contributed by atoms with Crippen molar-refractivity contribution in [1.29, 1.82) is 0 Å². The monoisotopic (exact) mass is 292 g/mol. The molecule has 0 amide bonds. The molecule has 1 aliphatic heterocycles. The highest BCUT2D eigenvalue weighted by molar-refractivity contribution is 8.00. The van der Waals surface area contributed by atoms with Crippen molar-refractivity contribution >= 4 is 40.1 Å². The number of benzene rings is 1. The fourth-order valence-corrected chi connectivity index (χ4v) is 3.74. The number of aromatic nitrogens is 1. The molecule has 3 rings (SSSR count). The molecule has 4 heteroatoms. The van der Waals surface area contributed by atoms with Crippen LogP contribution in [0.25, 0.3) is 10.9 Å². The minimum absolute atomic E-state index is 0.519. The van der Waals surface area contributed by atoms with E-state index >= 15 is 0 Å². The molecule has 0 saturated carbocycles. The van der Waals surface area contributed by atoms with E-state index in [-0.39, 0.29) is 0 Å². The Kier molecular flexibility index (Phi) is 3.85. The highest BCUT2D eigenvalue weighted by Gasteiger charge is 2.20. The van der Waals surface area contributed by atoms with Crippen molar-refractivity contribution in [1.82, 2.24) is 4.98 Å². The van der Waals surface area contributed by atoms with E-state index in [1.54, 1.807) is 0 Å². The molecule has 2 heterocycles. The molecular weight excluding hydrogens is 276 g/mol. The zero-order valence-electron chi connectivity index (χ0n) is 11.0. The minimum atomic E-state index is 0.519. The van der Waals surface area contributed by atoms with E-state index in [2.05, 4.69) is 30.0 Å². The first-order valence-electron chi connectivity index (χ1n) is 6.59. The molecule has 19 heavy (non-hydrogen) atoms. The zero-order valence-corrected chi connectivity index (χ0v) is 12.5. The van der Waals surface area contributed by atoms with Crippen LogP contribution in [0.15, 0.2) is 30.3 Å². The van der Waals surface area contributed by atoms with Crippen LogP contribution < -0.4 is 4.90 Å². The third-order valence-corrected chi connectivity index (χ3v) is 4.89. The standard InChI is InChI=1S/C15H17ClN2S/c1-11-10-18(6-7-19-11)15-13(9-16)8-12-4-2-3-5-14(12)17-15/h2-5,8,11H,6-7,9-10H2,1H3.